The maximum Gasteiger partial charge on any atom is 0.00922 e. The third-order valence-electron chi connectivity index (χ3n) is 2.51. The Bertz CT molecular complexity index is 287. The summed E-state index contributed by atoms with van der Waals surface area (Å²) in [4.78, 5) is 0. The quantitative estimate of drug-likeness (QED) is 0.421. The lowest BCUT2D eigenvalue weighted by molar-refractivity contribution is 0.679. The zero-order chi connectivity index (χ0) is 12.6. The first kappa shape index (κ1) is 15.9. The Kier molecular flexibility index (Phi) is 13.9. The van der Waals surface area contributed by atoms with Crippen molar-refractivity contribution in [1.29, 1.82) is 0 Å². The fourth-order valence-electron chi connectivity index (χ4n) is 1.45. The standard InChI is InChI=1S/C17H26/c1-3-5-7-9-11-13-15-17-16-14-12-10-8-6-4-2/h16-17H,3-11H2,1-2H3. The van der Waals surface area contributed by atoms with Crippen LogP contribution in [0.1, 0.15) is 71.6 Å². The summed E-state index contributed by atoms with van der Waals surface area (Å²) in [5.74, 6) is 12.3. The van der Waals surface area contributed by atoms with Crippen molar-refractivity contribution in [2.24, 2.45) is 0 Å². The smallest absolute Gasteiger partial charge is 0.00922 e. The van der Waals surface area contributed by atoms with Gasteiger partial charge in [0.1, 0.15) is 0 Å². The lowest BCUT2D eigenvalue weighted by Crippen LogP contribution is -1.73. The first-order valence-electron chi connectivity index (χ1n) is 7.03. The van der Waals surface area contributed by atoms with Crippen molar-refractivity contribution >= 4 is 0 Å². The van der Waals surface area contributed by atoms with E-state index >= 15 is 0 Å². The lowest BCUT2D eigenvalue weighted by Gasteiger charge is -1.91. The first-order valence-corrected chi connectivity index (χ1v) is 7.03. The largest absolute Gasteiger partial charge is 0.0985 e. The lowest BCUT2D eigenvalue weighted by atomic mass is 10.2. The Morgan fingerprint density at radius 3 is 1.65 bits per heavy atom. The van der Waals surface area contributed by atoms with Crippen molar-refractivity contribution in [3.63, 3.8) is 0 Å². The Morgan fingerprint density at radius 2 is 1.12 bits per heavy atom. The predicted octanol–water partition coefficient (Wildman–Crippen LogP) is 5.10. The van der Waals surface area contributed by atoms with E-state index in [2.05, 4.69) is 37.5 Å². The van der Waals surface area contributed by atoms with Crippen LogP contribution >= 0.6 is 0 Å². The second kappa shape index (κ2) is 14.9. The van der Waals surface area contributed by atoms with Crippen molar-refractivity contribution in [1.82, 2.24) is 0 Å². The van der Waals surface area contributed by atoms with Gasteiger partial charge in [-0.05, 0) is 25.0 Å². The molecule has 17 heavy (non-hydrogen) atoms. The van der Waals surface area contributed by atoms with Gasteiger partial charge in [0.15, 0.2) is 0 Å². The second-order valence-electron chi connectivity index (χ2n) is 4.24. The molecule has 0 spiro atoms. The third kappa shape index (κ3) is 14.9. The SMILES string of the molecule is CCCCCC#CC=CC#CCCCCCC. The van der Waals surface area contributed by atoms with E-state index in [-0.39, 0.29) is 0 Å². The van der Waals surface area contributed by atoms with Gasteiger partial charge in [0, 0.05) is 12.8 Å². The first-order chi connectivity index (χ1) is 8.41. The Hall–Kier alpha value is -1.14. The van der Waals surface area contributed by atoms with Crippen LogP contribution < -0.4 is 0 Å². The van der Waals surface area contributed by atoms with Crippen LogP contribution in [0.3, 0.4) is 0 Å². The molecule has 0 aromatic heterocycles. The zero-order valence-corrected chi connectivity index (χ0v) is 11.5. The summed E-state index contributed by atoms with van der Waals surface area (Å²) in [6.45, 7) is 4.44. The number of rotatable bonds is 7. The van der Waals surface area contributed by atoms with E-state index in [0.29, 0.717) is 0 Å². The van der Waals surface area contributed by atoms with Gasteiger partial charge in [-0.25, -0.2) is 0 Å². The summed E-state index contributed by atoms with van der Waals surface area (Å²) in [5, 5.41) is 0. The van der Waals surface area contributed by atoms with Gasteiger partial charge in [-0.2, -0.15) is 0 Å². The highest BCUT2D eigenvalue weighted by atomic mass is 13.9. The van der Waals surface area contributed by atoms with E-state index in [9.17, 15) is 0 Å². The maximum atomic E-state index is 3.15. The molecule has 0 bridgehead atoms. The molecular formula is C17H26. The number of unbranched alkanes of at least 4 members (excludes halogenated alkanes) is 7. The van der Waals surface area contributed by atoms with Crippen molar-refractivity contribution in [3.8, 4) is 23.7 Å². The molecule has 0 aromatic carbocycles. The molecule has 0 fully saturated rings. The Balaban J connectivity index is 3.42. The van der Waals surface area contributed by atoms with Crippen molar-refractivity contribution < 1.29 is 0 Å². The van der Waals surface area contributed by atoms with Gasteiger partial charge in [-0.3, -0.25) is 0 Å². The maximum absolute atomic E-state index is 3.15. The van der Waals surface area contributed by atoms with Gasteiger partial charge in [0.25, 0.3) is 0 Å². The van der Waals surface area contributed by atoms with Crippen LogP contribution in [0.25, 0.3) is 0 Å². The van der Waals surface area contributed by atoms with Crippen molar-refractivity contribution in [3.05, 3.63) is 12.2 Å². The van der Waals surface area contributed by atoms with E-state index < -0.39 is 0 Å². The molecule has 0 N–H and O–H groups in total. The molecule has 0 atom stereocenters. The van der Waals surface area contributed by atoms with Crippen LogP contribution in [0.4, 0.5) is 0 Å². The number of hydrogen-bond acceptors (Lipinski definition) is 0. The van der Waals surface area contributed by atoms with Crippen molar-refractivity contribution in [2.45, 2.75) is 71.6 Å². The minimum Gasteiger partial charge on any atom is -0.0985 e. The van der Waals surface area contributed by atoms with E-state index in [4.69, 9.17) is 0 Å². The molecular weight excluding hydrogens is 204 g/mol. The van der Waals surface area contributed by atoms with Crippen LogP contribution in [-0.2, 0) is 0 Å². The van der Waals surface area contributed by atoms with E-state index in [1.807, 2.05) is 12.2 Å². The molecule has 0 aromatic rings. The number of hydrogen-bond donors (Lipinski definition) is 0. The van der Waals surface area contributed by atoms with Gasteiger partial charge in [0.05, 0.1) is 0 Å². The average Bonchev–Trinajstić information content (AvgIpc) is 2.35. The summed E-state index contributed by atoms with van der Waals surface area (Å²) >= 11 is 0. The van der Waals surface area contributed by atoms with Crippen LogP contribution in [0.2, 0.25) is 0 Å². The Morgan fingerprint density at radius 1 is 0.647 bits per heavy atom. The molecule has 0 radical (unpaired) electrons. The molecule has 0 unspecified atom stereocenters. The molecule has 0 heteroatoms. The molecule has 0 rings (SSSR count). The van der Waals surface area contributed by atoms with Crippen LogP contribution in [0.15, 0.2) is 12.2 Å². The van der Waals surface area contributed by atoms with Crippen LogP contribution in [0, 0.1) is 23.7 Å². The highest BCUT2D eigenvalue weighted by Crippen LogP contribution is 2.00. The van der Waals surface area contributed by atoms with Gasteiger partial charge < -0.3 is 0 Å². The van der Waals surface area contributed by atoms with E-state index in [0.717, 1.165) is 12.8 Å². The zero-order valence-electron chi connectivity index (χ0n) is 11.5. The second-order valence-corrected chi connectivity index (χ2v) is 4.24. The third-order valence-corrected chi connectivity index (χ3v) is 2.51. The molecule has 94 valence electrons. The molecule has 0 saturated heterocycles. The van der Waals surface area contributed by atoms with Gasteiger partial charge >= 0.3 is 0 Å². The summed E-state index contributed by atoms with van der Waals surface area (Å²) < 4.78 is 0. The van der Waals surface area contributed by atoms with Crippen LogP contribution in [0.5, 0.6) is 0 Å². The van der Waals surface area contributed by atoms with Gasteiger partial charge in [0.2, 0.25) is 0 Å². The highest BCUT2D eigenvalue weighted by Gasteiger charge is 1.82. The minimum atomic E-state index is 1.02. The predicted molar refractivity (Wildman–Crippen MR) is 77.6 cm³/mol. The monoisotopic (exact) mass is 230 g/mol. The summed E-state index contributed by atoms with van der Waals surface area (Å²) in [7, 11) is 0. The fourth-order valence-corrected chi connectivity index (χ4v) is 1.45. The highest BCUT2D eigenvalue weighted by molar-refractivity contribution is 5.24. The summed E-state index contributed by atoms with van der Waals surface area (Å²) in [5.41, 5.74) is 0. The molecule has 0 saturated carbocycles. The van der Waals surface area contributed by atoms with Crippen LogP contribution in [-0.4, -0.2) is 0 Å². The topological polar surface area (TPSA) is 0 Å². The van der Waals surface area contributed by atoms with Gasteiger partial charge in [-0.1, -0.05) is 69.6 Å². The molecule has 0 nitrogen and oxygen atoms in total. The van der Waals surface area contributed by atoms with Crippen molar-refractivity contribution in [2.75, 3.05) is 0 Å². The average molecular weight is 230 g/mol. The van der Waals surface area contributed by atoms with Gasteiger partial charge in [-0.15, -0.1) is 0 Å². The molecule has 0 amide bonds. The fraction of sp³-hybridized carbons (Fsp3) is 0.647. The minimum absolute atomic E-state index is 1.02. The van der Waals surface area contributed by atoms with E-state index in [1.165, 1.54) is 44.9 Å². The molecule has 0 aliphatic carbocycles. The van der Waals surface area contributed by atoms with E-state index in [1.54, 1.807) is 0 Å². The summed E-state index contributed by atoms with van der Waals surface area (Å²) in [6.07, 6.45) is 14.7. The Labute approximate surface area is 108 Å². The molecule has 0 heterocycles. The normalized spacial score (nSPS) is 9.53. The molecule has 0 aliphatic rings. The summed E-state index contributed by atoms with van der Waals surface area (Å²) in [6, 6.07) is 0. The molecule has 0 aliphatic heterocycles. The number of allylic oxidation sites excluding steroid dienone is 2.